The van der Waals surface area contributed by atoms with E-state index in [0.717, 1.165) is 5.56 Å². The minimum atomic E-state index is -0.675. The molecule has 0 saturated carbocycles. The third-order valence-corrected chi connectivity index (χ3v) is 5.21. The second kappa shape index (κ2) is 9.60. The third-order valence-electron chi connectivity index (χ3n) is 4.65. The van der Waals surface area contributed by atoms with E-state index in [4.69, 9.17) is 23.2 Å². The van der Waals surface area contributed by atoms with E-state index in [9.17, 15) is 9.59 Å². The van der Waals surface area contributed by atoms with Crippen LogP contribution < -0.4 is 11.0 Å². The van der Waals surface area contributed by atoms with Gasteiger partial charge in [-0.3, -0.25) is 9.59 Å². The molecular formula is C24H16Cl2N4O2. The van der Waals surface area contributed by atoms with E-state index in [0.29, 0.717) is 32.4 Å². The Morgan fingerprint density at radius 2 is 1.59 bits per heavy atom. The molecule has 8 heteroatoms. The molecule has 4 rings (SSSR count). The Bertz CT molecular complexity index is 1350. The summed E-state index contributed by atoms with van der Waals surface area (Å²) < 4.78 is 0. The number of amides is 1. The number of aromatic amines is 1. The number of benzene rings is 3. The summed E-state index contributed by atoms with van der Waals surface area (Å²) in [5.74, 6) is -0.675. The van der Waals surface area contributed by atoms with E-state index in [1.165, 1.54) is 6.21 Å². The second-order valence-electron chi connectivity index (χ2n) is 6.75. The van der Waals surface area contributed by atoms with E-state index in [1.54, 1.807) is 18.2 Å². The van der Waals surface area contributed by atoms with Crippen LogP contribution in [-0.2, 0) is 0 Å². The summed E-state index contributed by atoms with van der Waals surface area (Å²) in [7, 11) is 0. The standard InChI is InChI=1S/C24H16Cl2N4O2/c25-18-12-11-17(19(26)13-18)14-27-29-23(31)21-20(15-7-3-1-4-8-15)22(28-30-24(21)32)16-9-5-2-6-10-16/h1-14H,(H,29,31)(H,30,32). The average Bonchev–Trinajstić information content (AvgIpc) is 2.81. The molecule has 0 aliphatic carbocycles. The van der Waals surface area contributed by atoms with Crippen molar-refractivity contribution in [3.8, 4) is 22.4 Å². The van der Waals surface area contributed by atoms with Crippen molar-refractivity contribution in [3.63, 3.8) is 0 Å². The smallest absolute Gasteiger partial charge is 0.267 e. The Balaban J connectivity index is 1.77. The van der Waals surface area contributed by atoms with Crippen molar-refractivity contribution in [2.45, 2.75) is 0 Å². The number of carbonyl (C=O) groups is 1. The number of aromatic nitrogens is 2. The van der Waals surface area contributed by atoms with Crippen LogP contribution in [0, 0.1) is 0 Å². The van der Waals surface area contributed by atoms with Crippen LogP contribution >= 0.6 is 23.2 Å². The number of nitrogens with zero attached hydrogens (tertiary/aromatic N) is 2. The zero-order valence-corrected chi connectivity index (χ0v) is 18.1. The summed E-state index contributed by atoms with van der Waals surface area (Å²) in [5.41, 5.74) is 4.59. The van der Waals surface area contributed by atoms with E-state index in [1.807, 2.05) is 60.7 Å². The maximum absolute atomic E-state index is 13.0. The van der Waals surface area contributed by atoms with E-state index in [2.05, 4.69) is 20.7 Å². The van der Waals surface area contributed by atoms with Crippen molar-refractivity contribution in [2.75, 3.05) is 0 Å². The van der Waals surface area contributed by atoms with Crippen LogP contribution in [0.2, 0.25) is 10.0 Å². The van der Waals surface area contributed by atoms with Crippen molar-refractivity contribution in [1.29, 1.82) is 0 Å². The number of H-pyrrole nitrogens is 1. The number of halogens is 2. The van der Waals surface area contributed by atoms with E-state index >= 15 is 0 Å². The van der Waals surface area contributed by atoms with Crippen molar-refractivity contribution in [2.24, 2.45) is 5.10 Å². The van der Waals surface area contributed by atoms with Gasteiger partial charge >= 0.3 is 0 Å². The summed E-state index contributed by atoms with van der Waals surface area (Å²) >= 11 is 12.0. The van der Waals surface area contributed by atoms with Crippen molar-refractivity contribution >= 4 is 35.3 Å². The van der Waals surface area contributed by atoms with E-state index < -0.39 is 11.5 Å². The highest BCUT2D eigenvalue weighted by Gasteiger charge is 2.22. The zero-order valence-electron chi connectivity index (χ0n) is 16.5. The maximum Gasteiger partial charge on any atom is 0.277 e. The van der Waals surface area contributed by atoms with Crippen LogP contribution in [-0.4, -0.2) is 22.3 Å². The van der Waals surface area contributed by atoms with Gasteiger partial charge in [-0.1, -0.05) is 89.9 Å². The molecule has 1 amide bonds. The molecule has 0 fully saturated rings. The predicted octanol–water partition coefficient (Wildman–Crippen LogP) is 5.17. The topological polar surface area (TPSA) is 87.2 Å². The number of hydrazone groups is 1. The molecule has 2 N–H and O–H groups in total. The van der Waals surface area contributed by atoms with Crippen LogP contribution in [0.15, 0.2) is 88.8 Å². The highest BCUT2D eigenvalue weighted by atomic mass is 35.5. The molecule has 1 aromatic heterocycles. The maximum atomic E-state index is 13.0. The molecule has 0 radical (unpaired) electrons. The van der Waals surface area contributed by atoms with Gasteiger partial charge in [-0.05, 0) is 17.7 Å². The SMILES string of the molecule is O=C(NN=Cc1ccc(Cl)cc1Cl)c1c(-c2ccccc2)c(-c2ccccc2)n[nH]c1=O. The zero-order chi connectivity index (χ0) is 22.5. The predicted molar refractivity (Wildman–Crippen MR) is 127 cm³/mol. The highest BCUT2D eigenvalue weighted by Crippen LogP contribution is 2.31. The number of hydrogen-bond donors (Lipinski definition) is 2. The molecule has 0 saturated heterocycles. The first-order chi connectivity index (χ1) is 15.5. The van der Waals surface area contributed by atoms with Gasteiger partial charge in [0, 0.05) is 21.7 Å². The molecule has 0 atom stereocenters. The number of nitrogens with one attached hydrogen (secondary N) is 2. The fourth-order valence-electron chi connectivity index (χ4n) is 3.18. The first-order valence-electron chi connectivity index (χ1n) is 9.56. The lowest BCUT2D eigenvalue weighted by molar-refractivity contribution is 0.0954. The normalized spacial score (nSPS) is 10.9. The van der Waals surface area contributed by atoms with Gasteiger partial charge in [0.25, 0.3) is 11.5 Å². The molecule has 4 aromatic rings. The molecule has 158 valence electrons. The van der Waals surface area contributed by atoms with Gasteiger partial charge < -0.3 is 0 Å². The molecule has 0 aliphatic heterocycles. The number of rotatable bonds is 5. The first kappa shape index (κ1) is 21.5. The molecule has 1 heterocycles. The summed E-state index contributed by atoms with van der Waals surface area (Å²) in [5, 5.41) is 11.5. The van der Waals surface area contributed by atoms with Crippen LogP contribution in [0.3, 0.4) is 0 Å². The van der Waals surface area contributed by atoms with Crippen molar-refractivity contribution in [1.82, 2.24) is 15.6 Å². The summed E-state index contributed by atoms with van der Waals surface area (Å²) in [6, 6.07) is 23.3. The lowest BCUT2D eigenvalue weighted by Crippen LogP contribution is -2.28. The molecule has 6 nitrogen and oxygen atoms in total. The lowest BCUT2D eigenvalue weighted by Gasteiger charge is -2.12. The van der Waals surface area contributed by atoms with Crippen molar-refractivity contribution < 1.29 is 4.79 Å². The Morgan fingerprint density at radius 3 is 2.25 bits per heavy atom. The number of carbonyl (C=O) groups excluding carboxylic acids is 1. The fourth-order valence-corrected chi connectivity index (χ4v) is 3.64. The van der Waals surface area contributed by atoms with Crippen LogP contribution in [0.5, 0.6) is 0 Å². The van der Waals surface area contributed by atoms with Gasteiger partial charge in [0.2, 0.25) is 0 Å². The Kier molecular flexibility index (Phi) is 6.44. The minimum Gasteiger partial charge on any atom is -0.267 e. The molecule has 0 bridgehead atoms. The average molecular weight is 463 g/mol. The largest absolute Gasteiger partial charge is 0.277 e. The summed E-state index contributed by atoms with van der Waals surface area (Å²) in [6.45, 7) is 0. The first-order valence-corrected chi connectivity index (χ1v) is 10.3. The van der Waals surface area contributed by atoms with Gasteiger partial charge in [-0.2, -0.15) is 10.2 Å². The van der Waals surface area contributed by atoms with Gasteiger partial charge in [0.15, 0.2) is 0 Å². The third kappa shape index (κ3) is 4.61. The lowest BCUT2D eigenvalue weighted by atomic mass is 9.95. The molecule has 32 heavy (non-hydrogen) atoms. The monoisotopic (exact) mass is 462 g/mol. The van der Waals surface area contributed by atoms with Crippen LogP contribution in [0.1, 0.15) is 15.9 Å². The number of hydrogen-bond acceptors (Lipinski definition) is 4. The minimum absolute atomic E-state index is 0.0931. The quantitative estimate of drug-likeness (QED) is 0.316. The molecule has 3 aromatic carbocycles. The molecule has 0 unspecified atom stereocenters. The van der Waals surface area contributed by atoms with Crippen molar-refractivity contribution in [3.05, 3.63) is 110 Å². The van der Waals surface area contributed by atoms with Gasteiger partial charge in [0.1, 0.15) is 5.56 Å². The summed E-state index contributed by atoms with van der Waals surface area (Å²) in [6.07, 6.45) is 1.38. The molecular weight excluding hydrogens is 447 g/mol. The van der Waals surface area contributed by atoms with E-state index in [-0.39, 0.29) is 5.56 Å². The molecule has 0 aliphatic rings. The van der Waals surface area contributed by atoms with Crippen LogP contribution in [0.25, 0.3) is 22.4 Å². The van der Waals surface area contributed by atoms with Gasteiger partial charge in [0.05, 0.1) is 16.9 Å². The molecule has 0 spiro atoms. The second-order valence-corrected chi connectivity index (χ2v) is 7.59. The fraction of sp³-hybridized carbons (Fsp3) is 0. The Labute approximate surface area is 193 Å². The summed E-state index contributed by atoms with van der Waals surface area (Å²) in [4.78, 5) is 25.7. The van der Waals surface area contributed by atoms with Gasteiger partial charge in [-0.25, -0.2) is 10.5 Å². The highest BCUT2D eigenvalue weighted by molar-refractivity contribution is 6.36. The Morgan fingerprint density at radius 1 is 0.938 bits per heavy atom. The van der Waals surface area contributed by atoms with Gasteiger partial charge in [-0.15, -0.1) is 0 Å². The Hall–Kier alpha value is -3.74. The van der Waals surface area contributed by atoms with Crippen LogP contribution in [0.4, 0.5) is 0 Å².